The number of aromatic nitrogens is 2. The normalized spacial score (nSPS) is 19.5. The van der Waals surface area contributed by atoms with Gasteiger partial charge < -0.3 is 4.90 Å². The molecule has 0 radical (unpaired) electrons. The molecule has 1 aromatic carbocycles. The Labute approximate surface area is 169 Å². The van der Waals surface area contributed by atoms with Gasteiger partial charge in [-0.2, -0.15) is 0 Å². The molecule has 28 heavy (non-hydrogen) atoms. The van der Waals surface area contributed by atoms with E-state index < -0.39 is 0 Å². The maximum atomic E-state index is 13.5. The van der Waals surface area contributed by atoms with Gasteiger partial charge in [0, 0.05) is 17.8 Å². The summed E-state index contributed by atoms with van der Waals surface area (Å²) in [6.45, 7) is 7.02. The lowest BCUT2D eigenvalue weighted by molar-refractivity contribution is 0.0740. The Morgan fingerprint density at radius 2 is 1.82 bits per heavy atom. The molecular formula is C23H25N3OS. The molecule has 1 saturated carbocycles. The molecule has 0 N–H and O–H groups in total. The van der Waals surface area contributed by atoms with Crippen LogP contribution in [0.4, 0.5) is 0 Å². The summed E-state index contributed by atoms with van der Waals surface area (Å²) in [4.78, 5) is 26.9. The molecule has 1 aliphatic carbocycles. The molecule has 3 aromatic rings. The number of fused-ring (bicyclic) bond motifs is 1. The molecule has 0 bridgehead atoms. The molecule has 0 unspecified atom stereocenters. The van der Waals surface area contributed by atoms with E-state index in [0.29, 0.717) is 5.92 Å². The second kappa shape index (κ2) is 6.66. The summed E-state index contributed by atoms with van der Waals surface area (Å²) >= 11 is 1.55. The molecule has 3 heterocycles. The molecule has 4 nitrogen and oxygen atoms in total. The standard InChI is InChI=1S/C23H25N3OS/c1-13-6-8-16(9-7-13)18-5-4-12-26(18)23(27)20-14(2)19-15(3)24-21(17-10-11-17)25-22(19)28-20/h6-9,17-18H,4-5,10-12H2,1-3H3/t18-/m1/s1. The average Bonchev–Trinajstić information content (AvgIpc) is 3.32. The summed E-state index contributed by atoms with van der Waals surface area (Å²) in [5, 5.41) is 1.07. The Kier molecular flexibility index (Phi) is 4.23. The summed E-state index contributed by atoms with van der Waals surface area (Å²) in [5.41, 5.74) is 4.54. The summed E-state index contributed by atoms with van der Waals surface area (Å²) in [5.74, 6) is 1.63. The first kappa shape index (κ1) is 17.8. The van der Waals surface area contributed by atoms with Gasteiger partial charge in [-0.15, -0.1) is 11.3 Å². The predicted molar refractivity (Wildman–Crippen MR) is 113 cm³/mol. The lowest BCUT2D eigenvalue weighted by Gasteiger charge is -2.25. The van der Waals surface area contributed by atoms with Crippen LogP contribution >= 0.6 is 11.3 Å². The van der Waals surface area contributed by atoms with E-state index in [1.165, 1.54) is 24.0 Å². The summed E-state index contributed by atoms with van der Waals surface area (Å²) in [7, 11) is 0. The number of nitrogens with zero attached hydrogens (tertiary/aromatic N) is 3. The topological polar surface area (TPSA) is 46.1 Å². The van der Waals surface area contributed by atoms with Gasteiger partial charge in [0.25, 0.3) is 5.91 Å². The van der Waals surface area contributed by atoms with Gasteiger partial charge in [-0.25, -0.2) is 9.97 Å². The van der Waals surface area contributed by atoms with Gasteiger partial charge in [-0.1, -0.05) is 29.8 Å². The number of carbonyl (C=O) groups excluding carboxylic acids is 1. The molecule has 2 fully saturated rings. The van der Waals surface area contributed by atoms with Crippen LogP contribution in [-0.4, -0.2) is 27.3 Å². The maximum absolute atomic E-state index is 13.5. The minimum absolute atomic E-state index is 0.149. The van der Waals surface area contributed by atoms with Crippen molar-refractivity contribution >= 4 is 27.5 Å². The first-order chi connectivity index (χ1) is 13.5. The number of hydrogen-bond donors (Lipinski definition) is 0. The molecule has 5 rings (SSSR count). The second-order valence-corrected chi connectivity index (χ2v) is 9.24. The highest BCUT2D eigenvalue weighted by molar-refractivity contribution is 7.20. The Morgan fingerprint density at radius 1 is 1.07 bits per heavy atom. The molecule has 5 heteroatoms. The SMILES string of the molecule is Cc1ccc([C@H]2CCCN2C(=O)c2sc3nc(C4CC4)nc(C)c3c2C)cc1. The summed E-state index contributed by atoms with van der Waals surface area (Å²) < 4.78 is 0. The van der Waals surface area contributed by atoms with E-state index in [-0.39, 0.29) is 11.9 Å². The van der Waals surface area contributed by atoms with Crippen molar-refractivity contribution in [1.82, 2.24) is 14.9 Å². The zero-order chi connectivity index (χ0) is 19.4. The Bertz CT molecular complexity index is 1070. The van der Waals surface area contributed by atoms with Crippen LogP contribution in [0, 0.1) is 20.8 Å². The number of amides is 1. The van der Waals surface area contributed by atoms with E-state index in [2.05, 4.69) is 49.9 Å². The predicted octanol–water partition coefficient (Wildman–Crippen LogP) is 5.47. The van der Waals surface area contributed by atoms with E-state index in [4.69, 9.17) is 9.97 Å². The first-order valence-electron chi connectivity index (χ1n) is 10.2. The smallest absolute Gasteiger partial charge is 0.264 e. The van der Waals surface area contributed by atoms with Crippen LogP contribution in [-0.2, 0) is 0 Å². The monoisotopic (exact) mass is 391 g/mol. The third-order valence-corrected chi connectivity index (χ3v) is 7.27. The molecular weight excluding hydrogens is 366 g/mol. The molecule has 2 aliphatic rings. The third-order valence-electron chi connectivity index (χ3n) is 6.10. The van der Waals surface area contributed by atoms with Gasteiger partial charge in [0.15, 0.2) is 0 Å². The van der Waals surface area contributed by atoms with Gasteiger partial charge >= 0.3 is 0 Å². The van der Waals surface area contributed by atoms with Crippen LogP contribution in [0.5, 0.6) is 0 Å². The Hall–Kier alpha value is -2.27. The number of thiophene rings is 1. The molecule has 0 spiro atoms. The Morgan fingerprint density at radius 3 is 2.54 bits per heavy atom. The highest BCUT2D eigenvalue weighted by atomic mass is 32.1. The van der Waals surface area contributed by atoms with Gasteiger partial charge in [0.1, 0.15) is 10.7 Å². The number of rotatable bonds is 3. The van der Waals surface area contributed by atoms with E-state index >= 15 is 0 Å². The molecule has 2 aromatic heterocycles. The zero-order valence-electron chi connectivity index (χ0n) is 16.7. The minimum Gasteiger partial charge on any atom is -0.331 e. The van der Waals surface area contributed by atoms with Gasteiger partial charge in [-0.3, -0.25) is 4.79 Å². The first-order valence-corrected chi connectivity index (χ1v) is 11.0. The zero-order valence-corrected chi connectivity index (χ0v) is 17.5. The highest BCUT2D eigenvalue weighted by Crippen LogP contribution is 2.41. The number of carbonyl (C=O) groups is 1. The van der Waals surface area contributed by atoms with Crippen LogP contribution in [0.1, 0.15) is 75.5 Å². The maximum Gasteiger partial charge on any atom is 0.264 e. The van der Waals surface area contributed by atoms with E-state index in [0.717, 1.165) is 51.6 Å². The minimum atomic E-state index is 0.149. The van der Waals surface area contributed by atoms with Crippen LogP contribution in [0.2, 0.25) is 0 Å². The second-order valence-electron chi connectivity index (χ2n) is 8.25. The van der Waals surface area contributed by atoms with Crippen molar-refractivity contribution in [1.29, 1.82) is 0 Å². The van der Waals surface area contributed by atoms with Crippen LogP contribution in [0.15, 0.2) is 24.3 Å². The molecule has 1 aliphatic heterocycles. The van der Waals surface area contributed by atoms with E-state index in [1.807, 2.05) is 0 Å². The van der Waals surface area contributed by atoms with Crippen molar-refractivity contribution in [2.45, 2.75) is 58.4 Å². The van der Waals surface area contributed by atoms with E-state index in [9.17, 15) is 4.79 Å². The highest BCUT2D eigenvalue weighted by Gasteiger charge is 2.33. The van der Waals surface area contributed by atoms with E-state index in [1.54, 1.807) is 11.3 Å². The number of hydrogen-bond acceptors (Lipinski definition) is 4. The largest absolute Gasteiger partial charge is 0.331 e. The quantitative estimate of drug-likeness (QED) is 0.595. The fraction of sp³-hybridized carbons (Fsp3) is 0.435. The number of aryl methyl sites for hydroxylation is 3. The molecule has 1 saturated heterocycles. The van der Waals surface area contributed by atoms with Crippen molar-refractivity contribution in [3.63, 3.8) is 0 Å². The third kappa shape index (κ3) is 2.93. The van der Waals surface area contributed by atoms with Crippen molar-refractivity contribution in [2.24, 2.45) is 0 Å². The van der Waals surface area contributed by atoms with Crippen LogP contribution in [0.3, 0.4) is 0 Å². The molecule has 1 amide bonds. The van der Waals surface area contributed by atoms with Crippen LogP contribution < -0.4 is 0 Å². The van der Waals surface area contributed by atoms with Crippen molar-refractivity contribution in [3.8, 4) is 0 Å². The number of benzene rings is 1. The lowest BCUT2D eigenvalue weighted by atomic mass is 10.0. The summed E-state index contributed by atoms with van der Waals surface area (Å²) in [6.07, 6.45) is 4.46. The van der Waals surface area contributed by atoms with Crippen molar-refractivity contribution in [3.05, 3.63) is 57.4 Å². The van der Waals surface area contributed by atoms with Crippen molar-refractivity contribution in [2.75, 3.05) is 6.54 Å². The fourth-order valence-electron chi connectivity index (χ4n) is 4.36. The van der Waals surface area contributed by atoms with Crippen molar-refractivity contribution < 1.29 is 4.79 Å². The fourth-order valence-corrected chi connectivity index (χ4v) is 5.56. The van der Waals surface area contributed by atoms with Crippen LogP contribution in [0.25, 0.3) is 10.2 Å². The Balaban J connectivity index is 1.52. The van der Waals surface area contributed by atoms with Gasteiger partial charge in [0.2, 0.25) is 0 Å². The van der Waals surface area contributed by atoms with Gasteiger partial charge in [-0.05, 0) is 57.6 Å². The molecule has 144 valence electrons. The van der Waals surface area contributed by atoms with Gasteiger partial charge in [0.05, 0.1) is 16.6 Å². The average molecular weight is 392 g/mol. The summed E-state index contributed by atoms with van der Waals surface area (Å²) in [6, 6.07) is 8.78. The molecule has 1 atom stereocenters. The number of likely N-dealkylation sites (tertiary alicyclic amines) is 1. The lowest BCUT2D eigenvalue weighted by Crippen LogP contribution is -2.30.